The van der Waals surface area contributed by atoms with Crippen molar-refractivity contribution in [1.82, 2.24) is 9.78 Å². The summed E-state index contributed by atoms with van der Waals surface area (Å²) in [5.74, 6) is -1.20. The molecule has 16 heavy (non-hydrogen) atoms. The van der Waals surface area contributed by atoms with Crippen LogP contribution in [0.1, 0.15) is 17.7 Å². The van der Waals surface area contributed by atoms with Crippen molar-refractivity contribution in [3.8, 4) is 0 Å². The number of rotatable bonds is 5. The summed E-state index contributed by atoms with van der Waals surface area (Å²) in [4.78, 5) is 21.5. The third kappa shape index (κ3) is 3.08. The zero-order chi connectivity index (χ0) is 12.1. The molecule has 0 aromatic carbocycles. The number of aromatic nitrogens is 2. The summed E-state index contributed by atoms with van der Waals surface area (Å²) in [7, 11) is 1.33. The number of hydrogen-bond donors (Lipinski definition) is 1. The van der Waals surface area contributed by atoms with Crippen LogP contribution in [-0.4, -0.2) is 33.9 Å². The van der Waals surface area contributed by atoms with Gasteiger partial charge >= 0.3 is 11.9 Å². The van der Waals surface area contributed by atoms with E-state index in [1.54, 1.807) is 11.6 Å². The number of carboxylic acid groups (broad SMARTS) is 1. The molecule has 0 aliphatic carbocycles. The van der Waals surface area contributed by atoms with Crippen molar-refractivity contribution in [1.29, 1.82) is 0 Å². The molecule has 6 heteroatoms. The monoisotopic (exact) mass is 226 g/mol. The van der Waals surface area contributed by atoms with Gasteiger partial charge in [0, 0.05) is 11.3 Å². The van der Waals surface area contributed by atoms with Gasteiger partial charge in [-0.3, -0.25) is 14.3 Å². The SMILES string of the molecule is COC(=O)CCn1ncc(CC(=O)O)c1C. The Kier molecular flexibility index (Phi) is 4.04. The van der Waals surface area contributed by atoms with Gasteiger partial charge in [-0.2, -0.15) is 5.10 Å². The highest BCUT2D eigenvalue weighted by Crippen LogP contribution is 2.08. The van der Waals surface area contributed by atoms with Gasteiger partial charge in [0.15, 0.2) is 0 Å². The second-order valence-electron chi connectivity index (χ2n) is 3.38. The molecule has 0 unspecified atom stereocenters. The maximum atomic E-state index is 10.9. The number of aryl methyl sites for hydroxylation is 1. The van der Waals surface area contributed by atoms with E-state index in [0.29, 0.717) is 12.1 Å². The Bertz CT molecular complexity index is 398. The van der Waals surface area contributed by atoms with Gasteiger partial charge in [0.05, 0.1) is 32.7 Å². The minimum Gasteiger partial charge on any atom is -0.481 e. The average Bonchev–Trinajstić information content (AvgIpc) is 2.56. The smallest absolute Gasteiger partial charge is 0.307 e. The summed E-state index contributed by atoms with van der Waals surface area (Å²) in [6.07, 6.45) is 1.69. The number of ether oxygens (including phenoxy) is 1. The fourth-order valence-electron chi connectivity index (χ4n) is 1.35. The van der Waals surface area contributed by atoms with Crippen LogP contribution in [0.15, 0.2) is 6.20 Å². The third-order valence-electron chi connectivity index (χ3n) is 2.30. The van der Waals surface area contributed by atoms with E-state index in [1.807, 2.05) is 0 Å². The highest BCUT2D eigenvalue weighted by molar-refractivity contribution is 5.70. The van der Waals surface area contributed by atoms with Crippen LogP contribution in [0, 0.1) is 6.92 Å². The van der Waals surface area contributed by atoms with Gasteiger partial charge in [-0.25, -0.2) is 0 Å². The fraction of sp³-hybridized carbons (Fsp3) is 0.500. The Hall–Kier alpha value is -1.85. The van der Waals surface area contributed by atoms with Gasteiger partial charge < -0.3 is 9.84 Å². The number of hydrogen-bond acceptors (Lipinski definition) is 4. The molecule has 1 aromatic rings. The third-order valence-corrected chi connectivity index (χ3v) is 2.30. The van der Waals surface area contributed by atoms with Crippen LogP contribution < -0.4 is 0 Å². The molecule has 0 fully saturated rings. The maximum absolute atomic E-state index is 10.9. The zero-order valence-electron chi connectivity index (χ0n) is 9.27. The molecule has 0 amide bonds. The van der Waals surface area contributed by atoms with Crippen LogP contribution in [0.4, 0.5) is 0 Å². The summed E-state index contributed by atoms with van der Waals surface area (Å²) in [5.41, 5.74) is 1.43. The van der Waals surface area contributed by atoms with E-state index < -0.39 is 5.97 Å². The Morgan fingerprint density at radius 3 is 2.81 bits per heavy atom. The van der Waals surface area contributed by atoms with Crippen molar-refractivity contribution in [2.45, 2.75) is 26.3 Å². The van der Waals surface area contributed by atoms with Gasteiger partial charge in [-0.05, 0) is 6.92 Å². The molecule has 0 aliphatic rings. The lowest BCUT2D eigenvalue weighted by atomic mass is 10.2. The number of aliphatic carboxylic acids is 1. The number of carboxylic acids is 1. The first-order valence-electron chi connectivity index (χ1n) is 4.84. The van der Waals surface area contributed by atoms with Crippen LogP contribution >= 0.6 is 0 Å². The van der Waals surface area contributed by atoms with E-state index in [0.717, 1.165) is 5.69 Å². The number of methoxy groups -OCH3 is 1. The van der Waals surface area contributed by atoms with Gasteiger partial charge in [0.2, 0.25) is 0 Å². The highest BCUT2D eigenvalue weighted by atomic mass is 16.5. The summed E-state index contributed by atoms with van der Waals surface area (Å²) in [6, 6.07) is 0. The first kappa shape index (κ1) is 12.2. The van der Waals surface area contributed by atoms with Crippen LogP contribution in [0.2, 0.25) is 0 Å². The molecule has 0 saturated heterocycles. The summed E-state index contributed by atoms with van der Waals surface area (Å²) >= 11 is 0. The molecule has 0 spiro atoms. The van der Waals surface area contributed by atoms with Crippen molar-refractivity contribution in [2.75, 3.05) is 7.11 Å². The van der Waals surface area contributed by atoms with Crippen molar-refractivity contribution in [3.05, 3.63) is 17.5 Å². The molecule has 88 valence electrons. The number of esters is 1. The van der Waals surface area contributed by atoms with Crippen LogP contribution in [-0.2, 0) is 27.3 Å². The molecule has 1 rings (SSSR count). The number of carbonyl (C=O) groups excluding carboxylic acids is 1. The molecule has 1 heterocycles. The molecule has 6 nitrogen and oxygen atoms in total. The predicted molar refractivity (Wildman–Crippen MR) is 54.9 cm³/mol. The fourth-order valence-corrected chi connectivity index (χ4v) is 1.35. The Labute approximate surface area is 92.8 Å². The molecule has 1 aromatic heterocycles. The predicted octanol–water partition coefficient (Wildman–Crippen LogP) is 0.382. The molecular weight excluding hydrogens is 212 g/mol. The average molecular weight is 226 g/mol. The Morgan fingerprint density at radius 2 is 2.25 bits per heavy atom. The molecule has 0 saturated carbocycles. The van der Waals surface area contributed by atoms with E-state index in [4.69, 9.17) is 5.11 Å². The molecular formula is C10H14N2O4. The van der Waals surface area contributed by atoms with Crippen LogP contribution in [0.25, 0.3) is 0 Å². The number of nitrogens with zero attached hydrogens (tertiary/aromatic N) is 2. The summed E-state index contributed by atoms with van der Waals surface area (Å²) in [5, 5.41) is 12.7. The van der Waals surface area contributed by atoms with E-state index in [9.17, 15) is 9.59 Å². The van der Waals surface area contributed by atoms with Crippen molar-refractivity contribution >= 4 is 11.9 Å². The van der Waals surface area contributed by atoms with E-state index in [1.165, 1.54) is 13.3 Å². The quantitative estimate of drug-likeness (QED) is 0.734. The molecule has 0 bridgehead atoms. The molecule has 0 radical (unpaired) electrons. The standard InChI is InChI=1S/C10H14N2O4/c1-7-8(5-9(13)14)6-11-12(7)4-3-10(15)16-2/h6H,3-5H2,1-2H3,(H,13,14). The summed E-state index contributed by atoms with van der Waals surface area (Å²) in [6.45, 7) is 2.18. The maximum Gasteiger partial charge on any atom is 0.307 e. The normalized spacial score (nSPS) is 10.1. The second-order valence-corrected chi connectivity index (χ2v) is 3.38. The number of carbonyl (C=O) groups is 2. The lowest BCUT2D eigenvalue weighted by molar-refractivity contribution is -0.141. The zero-order valence-corrected chi connectivity index (χ0v) is 9.27. The van der Waals surface area contributed by atoms with Crippen LogP contribution in [0.3, 0.4) is 0 Å². The molecule has 0 aliphatic heterocycles. The first-order chi connectivity index (χ1) is 7.54. The molecule has 0 atom stereocenters. The van der Waals surface area contributed by atoms with E-state index in [-0.39, 0.29) is 18.8 Å². The highest BCUT2D eigenvalue weighted by Gasteiger charge is 2.10. The van der Waals surface area contributed by atoms with Gasteiger partial charge in [-0.15, -0.1) is 0 Å². The van der Waals surface area contributed by atoms with Crippen molar-refractivity contribution < 1.29 is 19.4 Å². The van der Waals surface area contributed by atoms with Crippen LogP contribution in [0.5, 0.6) is 0 Å². The van der Waals surface area contributed by atoms with Gasteiger partial charge in [-0.1, -0.05) is 0 Å². The largest absolute Gasteiger partial charge is 0.481 e. The lowest BCUT2D eigenvalue weighted by Crippen LogP contribution is -2.10. The molecule has 1 N–H and O–H groups in total. The van der Waals surface area contributed by atoms with Crippen molar-refractivity contribution in [3.63, 3.8) is 0 Å². The lowest BCUT2D eigenvalue weighted by Gasteiger charge is -2.03. The summed E-state index contributed by atoms with van der Waals surface area (Å²) < 4.78 is 6.12. The minimum atomic E-state index is -0.893. The van der Waals surface area contributed by atoms with Gasteiger partial charge in [0.25, 0.3) is 0 Å². The Morgan fingerprint density at radius 1 is 1.56 bits per heavy atom. The minimum absolute atomic E-state index is 0.0515. The second kappa shape index (κ2) is 5.29. The van der Waals surface area contributed by atoms with Gasteiger partial charge in [0.1, 0.15) is 0 Å². The van der Waals surface area contributed by atoms with E-state index >= 15 is 0 Å². The van der Waals surface area contributed by atoms with E-state index in [2.05, 4.69) is 9.84 Å². The van der Waals surface area contributed by atoms with Crippen molar-refractivity contribution in [2.24, 2.45) is 0 Å². The topological polar surface area (TPSA) is 81.4 Å². The first-order valence-corrected chi connectivity index (χ1v) is 4.84. The Balaban J connectivity index is 2.65.